The van der Waals surface area contributed by atoms with E-state index in [2.05, 4.69) is 41.5 Å². The number of nitrogens with zero attached hydrogens (tertiary/aromatic N) is 1. The first-order chi connectivity index (χ1) is 10.9. The Hall–Kier alpha value is -1.68. The third kappa shape index (κ3) is 3.69. The highest BCUT2D eigenvalue weighted by Gasteiger charge is 2.33. The van der Waals surface area contributed by atoms with Crippen LogP contribution in [0.15, 0.2) is 23.0 Å². The van der Waals surface area contributed by atoms with E-state index in [1.165, 1.54) is 0 Å². The highest BCUT2D eigenvalue weighted by atomic mass is 32.1. The van der Waals surface area contributed by atoms with E-state index in [0.717, 1.165) is 16.8 Å². The summed E-state index contributed by atoms with van der Waals surface area (Å²) in [6.45, 7) is 14.8. The third-order valence-electron chi connectivity index (χ3n) is 4.18. The van der Waals surface area contributed by atoms with E-state index < -0.39 is 0 Å². The molecule has 4 heteroatoms. The van der Waals surface area contributed by atoms with E-state index in [0.29, 0.717) is 12.1 Å². The molecule has 0 aliphatic carbocycles. The molecule has 0 radical (unpaired) electrons. The number of aromatic hydroxyl groups is 1. The number of hydrogen-bond acceptors (Lipinski definition) is 3. The van der Waals surface area contributed by atoms with Crippen molar-refractivity contribution in [2.75, 3.05) is 0 Å². The van der Waals surface area contributed by atoms with Crippen molar-refractivity contribution in [3.05, 3.63) is 45.4 Å². The first-order valence-electron chi connectivity index (χ1n) is 8.25. The zero-order valence-corrected chi connectivity index (χ0v) is 16.5. The summed E-state index contributed by atoms with van der Waals surface area (Å²) in [7, 11) is 0. The van der Waals surface area contributed by atoms with Crippen LogP contribution < -0.4 is 4.57 Å². The lowest BCUT2D eigenvalue weighted by molar-refractivity contribution is -0.684. The highest BCUT2D eigenvalue weighted by Crippen LogP contribution is 2.41. The van der Waals surface area contributed by atoms with Crippen molar-refractivity contribution in [3.63, 3.8) is 0 Å². The number of carbonyl (C=O) groups is 1. The second-order valence-corrected chi connectivity index (χ2v) is 9.15. The number of phenolic OH excluding ortho intramolecular Hbond substituents is 1. The number of ketones is 1. The first-order valence-corrected chi connectivity index (χ1v) is 9.19. The largest absolute Gasteiger partial charge is 0.508 e. The molecule has 2 rings (SSSR count). The SMILES string of the molecule is Cc1csc[n+]1CC(=O)c1ccc(O)c(C(C)(C)C)c1C(C)(C)C. The monoisotopic (exact) mass is 346 g/mol. The van der Waals surface area contributed by atoms with E-state index in [1.54, 1.807) is 23.5 Å². The predicted molar refractivity (Wildman–Crippen MR) is 99.1 cm³/mol. The van der Waals surface area contributed by atoms with Crippen molar-refractivity contribution in [3.8, 4) is 5.75 Å². The molecule has 0 spiro atoms. The smallest absolute Gasteiger partial charge is 0.227 e. The number of aromatic nitrogens is 1. The van der Waals surface area contributed by atoms with Crippen LogP contribution in [0.3, 0.4) is 0 Å². The molecule has 1 aromatic carbocycles. The van der Waals surface area contributed by atoms with Crippen LogP contribution in [-0.2, 0) is 17.4 Å². The van der Waals surface area contributed by atoms with E-state index in [9.17, 15) is 9.90 Å². The van der Waals surface area contributed by atoms with Gasteiger partial charge in [-0.25, -0.2) is 0 Å². The van der Waals surface area contributed by atoms with Gasteiger partial charge in [0.1, 0.15) is 5.75 Å². The van der Waals surface area contributed by atoms with E-state index in [-0.39, 0.29) is 22.4 Å². The van der Waals surface area contributed by atoms with Gasteiger partial charge in [0, 0.05) is 18.1 Å². The average molecular weight is 347 g/mol. The van der Waals surface area contributed by atoms with Crippen LogP contribution in [0.4, 0.5) is 0 Å². The summed E-state index contributed by atoms with van der Waals surface area (Å²) in [5.41, 5.74) is 5.11. The average Bonchev–Trinajstić information content (AvgIpc) is 2.81. The fourth-order valence-electron chi connectivity index (χ4n) is 3.12. The Kier molecular flexibility index (Phi) is 4.91. The van der Waals surface area contributed by atoms with Crippen molar-refractivity contribution in [2.24, 2.45) is 0 Å². The Balaban J connectivity index is 2.62. The summed E-state index contributed by atoms with van der Waals surface area (Å²) in [5.74, 6) is 0.347. The number of rotatable bonds is 3. The number of Topliss-reactive ketones (excluding diaryl/α,β-unsaturated/α-hetero) is 1. The molecule has 0 unspecified atom stereocenters. The van der Waals surface area contributed by atoms with Crippen LogP contribution >= 0.6 is 11.3 Å². The maximum Gasteiger partial charge on any atom is 0.227 e. The van der Waals surface area contributed by atoms with Gasteiger partial charge < -0.3 is 5.11 Å². The van der Waals surface area contributed by atoms with Gasteiger partial charge in [-0.15, -0.1) is 0 Å². The molecule has 3 nitrogen and oxygen atoms in total. The Morgan fingerprint density at radius 1 is 1.08 bits per heavy atom. The summed E-state index contributed by atoms with van der Waals surface area (Å²) in [6.07, 6.45) is 0. The van der Waals surface area contributed by atoms with Gasteiger partial charge in [0.2, 0.25) is 17.8 Å². The number of aryl methyl sites for hydroxylation is 1. The van der Waals surface area contributed by atoms with E-state index in [4.69, 9.17) is 0 Å². The van der Waals surface area contributed by atoms with Gasteiger partial charge in [0.05, 0.1) is 5.38 Å². The van der Waals surface area contributed by atoms with Gasteiger partial charge >= 0.3 is 0 Å². The van der Waals surface area contributed by atoms with Crippen LogP contribution in [0, 0.1) is 6.92 Å². The summed E-state index contributed by atoms with van der Waals surface area (Å²) in [4.78, 5) is 13.0. The molecular formula is C20H28NO2S+. The molecule has 1 N–H and O–H groups in total. The maximum atomic E-state index is 13.0. The Morgan fingerprint density at radius 3 is 2.12 bits per heavy atom. The minimum Gasteiger partial charge on any atom is -0.508 e. The zero-order chi connectivity index (χ0) is 18.3. The molecule has 0 saturated heterocycles. The lowest BCUT2D eigenvalue weighted by atomic mass is 9.72. The summed E-state index contributed by atoms with van der Waals surface area (Å²) in [5, 5.41) is 12.5. The molecule has 1 heterocycles. The number of hydrogen-bond donors (Lipinski definition) is 1. The normalized spacial score (nSPS) is 12.5. The molecule has 0 saturated carbocycles. The van der Waals surface area contributed by atoms with Gasteiger partial charge in [0.25, 0.3) is 0 Å². The van der Waals surface area contributed by atoms with E-state index >= 15 is 0 Å². The molecule has 0 aliphatic heterocycles. The topological polar surface area (TPSA) is 41.2 Å². The Morgan fingerprint density at radius 2 is 1.67 bits per heavy atom. The van der Waals surface area contributed by atoms with Crippen LogP contribution in [0.2, 0.25) is 0 Å². The highest BCUT2D eigenvalue weighted by molar-refractivity contribution is 7.07. The lowest BCUT2D eigenvalue weighted by Gasteiger charge is -2.32. The van der Waals surface area contributed by atoms with Crippen LogP contribution in [0.1, 0.15) is 68.7 Å². The molecule has 0 aliphatic rings. The molecule has 130 valence electrons. The lowest BCUT2D eigenvalue weighted by Crippen LogP contribution is -2.39. The standard InChI is InChI=1S/C20H27NO2S/c1-13-11-24-12-21(13)10-16(23)14-8-9-15(22)18(20(5,6)7)17(14)19(2,3)4/h8-9,11-12H,10H2,1-7H3/p+1. The quantitative estimate of drug-likeness (QED) is 0.655. The summed E-state index contributed by atoms with van der Waals surface area (Å²) < 4.78 is 1.98. The maximum absolute atomic E-state index is 13.0. The fraction of sp³-hybridized carbons (Fsp3) is 0.500. The molecule has 0 fully saturated rings. The second kappa shape index (κ2) is 6.32. The number of benzene rings is 1. The Bertz CT molecular complexity index is 761. The minimum atomic E-state index is -0.242. The molecule has 0 amide bonds. The van der Waals surface area contributed by atoms with Crippen LogP contribution in [-0.4, -0.2) is 10.9 Å². The van der Waals surface area contributed by atoms with Crippen molar-refractivity contribution < 1.29 is 14.5 Å². The number of phenols is 1. The van der Waals surface area contributed by atoms with Gasteiger partial charge in [-0.3, -0.25) is 4.79 Å². The van der Waals surface area contributed by atoms with Crippen LogP contribution in [0.5, 0.6) is 5.75 Å². The predicted octanol–water partition coefficient (Wildman–Crippen LogP) is 4.53. The van der Waals surface area contributed by atoms with Gasteiger partial charge in [-0.2, -0.15) is 4.57 Å². The Labute approximate surface area is 149 Å². The molecular weight excluding hydrogens is 318 g/mol. The first kappa shape index (κ1) is 18.7. The number of carbonyl (C=O) groups excluding carboxylic acids is 1. The van der Waals surface area contributed by atoms with Crippen molar-refractivity contribution in [1.29, 1.82) is 0 Å². The van der Waals surface area contributed by atoms with Gasteiger partial charge in [0.15, 0.2) is 5.69 Å². The second-order valence-electron chi connectivity index (χ2n) is 8.43. The molecule has 2 aromatic rings. The zero-order valence-electron chi connectivity index (χ0n) is 15.7. The van der Waals surface area contributed by atoms with Gasteiger partial charge in [-0.05, 0) is 28.5 Å². The molecule has 24 heavy (non-hydrogen) atoms. The van der Waals surface area contributed by atoms with E-state index in [1.807, 2.05) is 22.4 Å². The van der Waals surface area contributed by atoms with Crippen molar-refractivity contribution >= 4 is 17.1 Å². The van der Waals surface area contributed by atoms with Crippen LogP contribution in [0.25, 0.3) is 0 Å². The summed E-state index contributed by atoms with van der Waals surface area (Å²) in [6, 6.07) is 3.43. The molecule has 0 atom stereocenters. The minimum absolute atomic E-state index is 0.0805. The fourth-order valence-corrected chi connectivity index (χ4v) is 3.90. The van der Waals surface area contributed by atoms with Gasteiger partial charge in [-0.1, -0.05) is 52.9 Å². The number of thiazole rings is 1. The van der Waals surface area contributed by atoms with Crippen molar-refractivity contribution in [1.82, 2.24) is 0 Å². The van der Waals surface area contributed by atoms with Crippen molar-refractivity contribution in [2.45, 2.75) is 65.8 Å². The third-order valence-corrected chi connectivity index (χ3v) is 5.03. The molecule has 1 aromatic heterocycles. The summed E-state index contributed by atoms with van der Waals surface area (Å²) >= 11 is 1.59. The molecule has 0 bridgehead atoms.